The maximum atomic E-state index is 12.2. The molecule has 0 spiro atoms. The smallest absolute Gasteiger partial charge is 0.261 e. The number of hydroxylamine groups is 1. The van der Waals surface area contributed by atoms with Crippen molar-refractivity contribution < 1.29 is 23.2 Å². The Bertz CT molecular complexity index is 760. The average molecular weight is 384 g/mol. The van der Waals surface area contributed by atoms with Crippen LogP contribution >= 0.6 is 0 Å². The van der Waals surface area contributed by atoms with Crippen molar-refractivity contribution in [2.45, 2.75) is 12.5 Å². The van der Waals surface area contributed by atoms with Crippen LogP contribution in [0.2, 0.25) is 0 Å². The quantitative estimate of drug-likeness (QED) is 0.429. The summed E-state index contributed by atoms with van der Waals surface area (Å²) in [7, 11) is -1.75. The Morgan fingerprint density at radius 3 is 2.35 bits per heavy atom. The van der Waals surface area contributed by atoms with E-state index in [0.29, 0.717) is 24.2 Å². The summed E-state index contributed by atoms with van der Waals surface area (Å²) in [4.78, 5) is 26.1. The number of carbonyl (C=O) groups excluding carboxylic acids is 2. The summed E-state index contributed by atoms with van der Waals surface area (Å²) in [5, 5.41) is 11.7. The molecule has 26 heavy (non-hydrogen) atoms. The zero-order chi connectivity index (χ0) is 19.3. The summed E-state index contributed by atoms with van der Waals surface area (Å²) < 4.78 is 24.6. The predicted octanol–water partition coefficient (Wildman–Crippen LogP) is -0.960. The van der Waals surface area contributed by atoms with E-state index in [4.69, 9.17) is 5.21 Å². The standard InChI is InChI=1S/C16H24N4O5S/c1-17-15(21)13-6-4-3-5-12(13)11-14(16(22)18-23)19-7-9-20(10-8-19)26(2,24)25/h3-6,14,23H,7-11H2,1-2H3,(H,17,21)(H,18,22)/t14-/m0/s1. The minimum absolute atomic E-state index is 0.217. The Labute approximate surface area is 153 Å². The molecule has 10 heteroatoms. The molecule has 0 bridgehead atoms. The summed E-state index contributed by atoms with van der Waals surface area (Å²) in [6, 6.07) is 6.23. The van der Waals surface area contributed by atoms with Crippen molar-refractivity contribution in [1.82, 2.24) is 20.0 Å². The Morgan fingerprint density at radius 1 is 1.19 bits per heavy atom. The summed E-state index contributed by atoms with van der Waals surface area (Å²) in [5.74, 6) is -0.852. The van der Waals surface area contributed by atoms with Gasteiger partial charge in [0.25, 0.3) is 11.8 Å². The maximum absolute atomic E-state index is 12.2. The van der Waals surface area contributed by atoms with Gasteiger partial charge in [0.2, 0.25) is 10.0 Å². The molecule has 1 aromatic carbocycles. The van der Waals surface area contributed by atoms with Crippen LogP contribution in [0.1, 0.15) is 15.9 Å². The molecular weight excluding hydrogens is 360 g/mol. The van der Waals surface area contributed by atoms with Crippen molar-refractivity contribution >= 4 is 21.8 Å². The van der Waals surface area contributed by atoms with Crippen molar-refractivity contribution in [3.05, 3.63) is 35.4 Å². The predicted molar refractivity (Wildman–Crippen MR) is 95.2 cm³/mol. The van der Waals surface area contributed by atoms with Crippen molar-refractivity contribution in [2.24, 2.45) is 0 Å². The van der Waals surface area contributed by atoms with Gasteiger partial charge in [-0.25, -0.2) is 13.9 Å². The molecule has 9 nitrogen and oxygen atoms in total. The number of nitrogens with one attached hydrogen (secondary N) is 2. The highest BCUT2D eigenvalue weighted by Gasteiger charge is 2.32. The number of benzene rings is 1. The zero-order valence-electron chi connectivity index (χ0n) is 14.8. The zero-order valence-corrected chi connectivity index (χ0v) is 15.6. The normalized spacial score (nSPS) is 17.5. The maximum Gasteiger partial charge on any atom is 0.261 e. The van der Waals surface area contributed by atoms with Crippen LogP contribution in [0.15, 0.2) is 24.3 Å². The highest BCUT2D eigenvalue weighted by Crippen LogP contribution is 2.17. The molecular formula is C16H24N4O5S. The fourth-order valence-electron chi connectivity index (χ4n) is 3.07. The van der Waals surface area contributed by atoms with Crippen molar-refractivity contribution in [3.63, 3.8) is 0 Å². The molecule has 1 aliphatic rings. The number of amides is 2. The highest BCUT2D eigenvalue weighted by molar-refractivity contribution is 7.88. The van der Waals surface area contributed by atoms with Gasteiger partial charge in [-0.05, 0) is 18.1 Å². The minimum atomic E-state index is -3.28. The van der Waals surface area contributed by atoms with Gasteiger partial charge in [-0.1, -0.05) is 18.2 Å². The molecule has 3 N–H and O–H groups in total. The van der Waals surface area contributed by atoms with E-state index in [-0.39, 0.29) is 25.4 Å². The molecule has 1 aliphatic heterocycles. The van der Waals surface area contributed by atoms with Crippen molar-refractivity contribution in [3.8, 4) is 0 Å². The largest absolute Gasteiger partial charge is 0.355 e. The molecule has 144 valence electrons. The van der Waals surface area contributed by atoms with E-state index in [9.17, 15) is 18.0 Å². The number of hydrogen-bond donors (Lipinski definition) is 3. The van der Waals surface area contributed by atoms with E-state index < -0.39 is 22.0 Å². The van der Waals surface area contributed by atoms with E-state index in [0.717, 1.165) is 6.26 Å². The topological polar surface area (TPSA) is 119 Å². The fraction of sp³-hybridized carbons (Fsp3) is 0.500. The minimum Gasteiger partial charge on any atom is -0.355 e. The van der Waals surface area contributed by atoms with E-state index in [1.54, 1.807) is 29.7 Å². The van der Waals surface area contributed by atoms with Crippen LogP contribution in [-0.2, 0) is 21.2 Å². The van der Waals surface area contributed by atoms with Crippen LogP contribution in [0.5, 0.6) is 0 Å². The fourth-order valence-corrected chi connectivity index (χ4v) is 3.90. The number of sulfonamides is 1. The molecule has 1 atom stereocenters. The molecule has 1 saturated heterocycles. The average Bonchev–Trinajstić information content (AvgIpc) is 2.64. The first-order chi connectivity index (χ1) is 12.3. The van der Waals surface area contributed by atoms with Crippen LogP contribution in [-0.4, -0.2) is 80.2 Å². The number of rotatable bonds is 6. The summed E-state index contributed by atoms with van der Waals surface area (Å²) >= 11 is 0. The molecule has 0 saturated carbocycles. The first kappa shape index (κ1) is 20.3. The second kappa shape index (κ2) is 8.58. The van der Waals surface area contributed by atoms with Gasteiger partial charge in [0.05, 0.1) is 12.3 Å². The molecule has 0 aliphatic carbocycles. The number of carbonyl (C=O) groups is 2. The van der Waals surface area contributed by atoms with Crippen molar-refractivity contribution in [2.75, 3.05) is 39.5 Å². The Balaban J connectivity index is 2.20. The van der Waals surface area contributed by atoms with Gasteiger partial charge in [-0.15, -0.1) is 0 Å². The van der Waals surface area contributed by atoms with Gasteiger partial charge in [-0.2, -0.15) is 4.31 Å². The molecule has 1 fully saturated rings. The second-order valence-electron chi connectivity index (χ2n) is 6.13. The number of nitrogens with zero attached hydrogens (tertiary/aromatic N) is 2. The van der Waals surface area contributed by atoms with Crippen molar-refractivity contribution in [1.29, 1.82) is 0 Å². The summed E-state index contributed by atoms with van der Waals surface area (Å²) in [5.41, 5.74) is 2.80. The van der Waals surface area contributed by atoms with Gasteiger partial charge in [0.15, 0.2) is 0 Å². The second-order valence-corrected chi connectivity index (χ2v) is 8.11. The lowest BCUT2D eigenvalue weighted by molar-refractivity contribution is -0.135. The molecule has 0 radical (unpaired) electrons. The Hall–Kier alpha value is -2.01. The molecule has 1 aromatic rings. The van der Waals surface area contributed by atoms with Crippen LogP contribution in [0, 0.1) is 0 Å². The van der Waals surface area contributed by atoms with Gasteiger partial charge in [0, 0.05) is 38.8 Å². The number of hydrogen-bond acceptors (Lipinski definition) is 6. The molecule has 2 rings (SSSR count). The van der Waals surface area contributed by atoms with Gasteiger partial charge in [0.1, 0.15) is 0 Å². The number of piperazine rings is 1. The molecule has 2 amide bonds. The van der Waals surface area contributed by atoms with Crippen LogP contribution in [0.25, 0.3) is 0 Å². The Morgan fingerprint density at radius 2 is 1.81 bits per heavy atom. The lowest BCUT2D eigenvalue weighted by Gasteiger charge is -2.37. The van der Waals surface area contributed by atoms with E-state index in [1.807, 2.05) is 4.90 Å². The SMILES string of the molecule is CNC(=O)c1ccccc1C[C@@H](C(=O)NO)N1CCN(S(C)(=O)=O)CC1. The first-order valence-corrected chi connectivity index (χ1v) is 10.1. The third-order valence-corrected chi connectivity index (χ3v) is 5.80. The molecule has 0 aromatic heterocycles. The van der Waals surface area contributed by atoms with Crippen LogP contribution in [0.3, 0.4) is 0 Å². The summed E-state index contributed by atoms with van der Waals surface area (Å²) in [6.07, 6.45) is 1.37. The lowest BCUT2D eigenvalue weighted by Crippen LogP contribution is -2.56. The third kappa shape index (κ3) is 4.79. The van der Waals surface area contributed by atoms with E-state index in [1.165, 1.54) is 11.4 Å². The third-order valence-electron chi connectivity index (χ3n) is 4.50. The molecule has 1 heterocycles. The van der Waals surface area contributed by atoms with Gasteiger partial charge in [-0.3, -0.25) is 19.7 Å². The van der Waals surface area contributed by atoms with Crippen LogP contribution in [0.4, 0.5) is 0 Å². The first-order valence-electron chi connectivity index (χ1n) is 8.21. The highest BCUT2D eigenvalue weighted by atomic mass is 32.2. The lowest BCUT2D eigenvalue weighted by atomic mass is 9.98. The Kier molecular flexibility index (Phi) is 6.70. The van der Waals surface area contributed by atoms with Crippen LogP contribution < -0.4 is 10.8 Å². The summed E-state index contributed by atoms with van der Waals surface area (Å²) in [6.45, 7) is 1.25. The van der Waals surface area contributed by atoms with E-state index in [2.05, 4.69) is 5.32 Å². The monoisotopic (exact) mass is 384 g/mol. The molecule has 0 unspecified atom stereocenters. The van der Waals surface area contributed by atoms with E-state index >= 15 is 0 Å². The van der Waals surface area contributed by atoms with Gasteiger partial charge < -0.3 is 5.32 Å². The van der Waals surface area contributed by atoms with Gasteiger partial charge >= 0.3 is 0 Å².